The van der Waals surface area contributed by atoms with Crippen molar-refractivity contribution in [1.29, 1.82) is 0 Å². The first-order chi connectivity index (χ1) is 9.38. The summed E-state index contributed by atoms with van der Waals surface area (Å²) in [6.45, 7) is 0. The molecule has 2 aromatic rings. The lowest BCUT2D eigenvalue weighted by atomic mass is 9.99. The molecule has 6 heteroatoms. The van der Waals surface area contributed by atoms with E-state index in [1.54, 1.807) is 6.07 Å². The van der Waals surface area contributed by atoms with Crippen molar-refractivity contribution >= 4 is 5.97 Å². The average Bonchev–Trinajstić information content (AvgIpc) is 2.38. The zero-order valence-electron chi connectivity index (χ0n) is 10.2. The van der Waals surface area contributed by atoms with Gasteiger partial charge in [-0.15, -0.1) is 0 Å². The van der Waals surface area contributed by atoms with E-state index in [4.69, 9.17) is 5.11 Å². The van der Waals surface area contributed by atoms with E-state index >= 15 is 0 Å². The normalized spacial score (nSPS) is 11.3. The molecule has 104 valence electrons. The highest BCUT2D eigenvalue weighted by molar-refractivity contribution is 5.76. The fraction of sp³-hybridized carbons (Fsp3) is 0.143. The molecule has 0 unspecified atom stereocenters. The third kappa shape index (κ3) is 3.14. The van der Waals surface area contributed by atoms with Gasteiger partial charge in [0, 0.05) is 18.0 Å². The minimum atomic E-state index is -4.39. The molecular weight excluding hydrogens is 271 g/mol. The van der Waals surface area contributed by atoms with Crippen molar-refractivity contribution in [3.8, 4) is 11.1 Å². The van der Waals surface area contributed by atoms with Gasteiger partial charge in [-0.25, -0.2) is 0 Å². The van der Waals surface area contributed by atoms with Crippen LogP contribution in [0.5, 0.6) is 0 Å². The van der Waals surface area contributed by atoms with Crippen LogP contribution in [0.15, 0.2) is 42.7 Å². The molecule has 1 N–H and O–H groups in total. The van der Waals surface area contributed by atoms with Gasteiger partial charge in [0.15, 0.2) is 0 Å². The Labute approximate surface area is 112 Å². The predicted octanol–water partition coefficient (Wildman–Crippen LogP) is 3.39. The van der Waals surface area contributed by atoms with Crippen LogP contribution in [0.25, 0.3) is 11.1 Å². The maximum Gasteiger partial charge on any atom is 0.416 e. The number of carboxylic acid groups (broad SMARTS) is 1. The zero-order valence-corrected chi connectivity index (χ0v) is 10.2. The monoisotopic (exact) mass is 281 g/mol. The summed E-state index contributed by atoms with van der Waals surface area (Å²) in [6, 6.07) is 6.09. The molecule has 20 heavy (non-hydrogen) atoms. The van der Waals surface area contributed by atoms with E-state index < -0.39 is 17.7 Å². The maximum atomic E-state index is 12.5. The Hall–Kier alpha value is -2.37. The van der Waals surface area contributed by atoms with Gasteiger partial charge in [0.2, 0.25) is 0 Å². The van der Waals surface area contributed by atoms with Crippen LogP contribution in [0, 0.1) is 0 Å². The molecule has 0 saturated heterocycles. The first-order valence-electron chi connectivity index (χ1n) is 5.70. The number of alkyl halides is 3. The summed E-state index contributed by atoms with van der Waals surface area (Å²) in [7, 11) is 0. The Balaban J connectivity index is 2.39. The number of benzene rings is 1. The highest BCUT2D eigenvalue weighted by Crippen LogP contribution is 2.31. The Morgan fingerprint density at radius 2 is 1.80 bits per heavy atom. The van der Waals surface area contributed by atoms with Crippen molar-refractivity contribution in [1.82, 2.24) is 4.98 Å². The summed E-state index contributed by atoms with van der Waals surface area (Å²) in [5.41, 5.74) is 0.781. The second kappa shape index (κ2) is 5.32. The SMILES string of the molecule is O=C(O)Cc1ccncc1-c1ccc(C(F)(F)F)cc1. The number of aliphatic carboxylic acids is 1. The molecule has 1 aromatic carbocycles. The van der Waals surface area contributed by atoms with E-state index in [1.165, 1.54) is 24.5 Å². The van der Waals surface area contributed by atoms with Crippen molar-refractivity contribution in [2.45, 2.75) is 12.6 Å². The van der Waals surface area contributed by atoms with E-state index in [9.17, 15) is 18.0 Å². The summed E-state index contributed by atoms with van der Waals surface area (Å²) >= 11 is 0. The first-order valence-corrected chi connectivity index (χ1v) is 5.70. The van der Waals surface area contributed by atoms with Gasteiger partial charge in [0.1, 0.15) is 0 Å². The number of rotatable bonds is 3. The van der Waals surface area contributed by atoms with E-state index in [-0.39, 0.29) is 6.42 Å². The molecule has 0 atom stereocenters. The molecule has 0 aliphatic heterocycles. The van der Waals surface area contributed by atoms with Crippen LogP contribution in [0.1, 0.15) is 11.1 Å². The van der Waals surface area contributed by atoms with Gasteiger partial charge < -0.3 is 5.11 Å². The predicted molar refractivity (Wildman–Crippen MR) is 66.0 cm³/mol. The van der Waals surface area contributed by atoms with Crippen molar-refractivity contribution in [2.75, 3.05) is 0 Å². The van der Waals surface area contributed by atoms with E-state index in [0.29, 0.717) is 16.7 Å². The highest BCUT2D eigenvalue weighted by atomic mass is 19.4. The van der Waals surface area contributed by atoms with Crippen molar-refractivity contribution in [2.24, 2.45) is 0 Å². The minimum Gasteiger partial charge on any atom is -0.481 e. The lowest BCUT2D eigenvalue weighted by Crippen LogP contribution is -2.05. The van der Waals surface area contributed by atoms with Crippen molar-refractivity contribution in [3.05, 3.63) is 53.9 Å². The van der Waals surface area contributed by atoms with Crippen LogP contribution in [-0.4, -0.2) is 16.1 Å². The molecule has 0 radical (unpaired) electrons. The lowest BCUT2D eigenvalue weighted by molar-refractivity contribution is -0.138. The van der Waals surface area contributed by atoms with E-state index in [1.807, 2.05) is 0 Å². The molecule has 0 fully saturated rings. The smallest absolute Gasteiger partial charge is 0.416 e. The fourth-order valence-electron chi connectivity index (χ4n) is 1.84. The number of aromatic nitrogens is 1. The second-order valence-electron chi connectivity index (χ2n) is 4.18. The van der Waals surface area contributed by atoms with Gasteiger partial charge in [0.05, 0.1) is 12.0 Å². The Morgan fingerprint density at radius 3 is 2.35 bits per heavy atom. The molecule has 0 saturated carbocycles. The number of halogens is 3. The second-order valence-corrected chi connectivity index (χ2v) is 4.18. The Kier molecular flexibility index (Phi) is 3.74. The zero-order chi connectivity index (χ0) is 14.8. The average molecular weight is 281 g/mol. The van der Waals surface area contributed by atoms with Gasteiger partial charge in [-0.3, -0.25) is 9.78 Å². The molecule has 2 rings (SSSR count). The fourth-order valence-corrected chi connectivity index (χ4v) is 1.84. The molecule has 0 amide bonds. The van der Waals surface area contributed by atoms with Gasteiger partial charge in [-0.2, -0.15) is 13.2 Å². The summed E-state index contributed by atoms with van der Waals surface area (Å²) in [4.78, 5) is 14.7. The molecular formula is C14H10F3NO2. The number of carboxylic acids is 1. The topological polar surface area (TPSA) is 50.2 Å². The molecule has 1 aromatic heterocycles. The van der Waals surface area contributed by atoms with Crippen LogP contribution >= 0.6 is 0 Å². The number of hydrogen-bond donors (Lipinski definition) is 1. The standard InChI is InChI=1S/C14H10F3NO2/c15-14(16,17)11-3-1-9(2-4-11)12-8-18-6-5-10(12)7-13(19)20/h1-6,8H,7H2,(H,19,20). The number of pyridine rings is 1. The van der Waals surface area contributed by atoms with Gasteiger partial charge in [-0.05, 0) is 29.3 Å². The van der Waals surface area contributed by atoms with Crippen molar-refractivity contribution < 1.29 is 23.1 Å². The van der Waals surface area contributed by atoms with Crippen LogP contribution in [0.3, 0.4) is 0 Å². The van der Waals surface area contributed by atoms with Crippen LogP contribution < -0.4 is 0 Å². The van der Waals surface area contributed by atoms with Crippen molar-refractivity contribution in [3.63, 3.8) is 0 Å². The molecule has 0 spiro atoms. The highest BCUT2D eigenvalue weighted by Gasteiger charge is 2.30. The summed E-state index contributed by atoms with van der Waals surface area (Å²) in [5, 5.41) is 8.82. The van der Waals surface area contributed by atoms with Gasteiger partial charge in [-0.1, -0.05) is 12.1 Å². The summed E-state index contributed by atoms with van der Waals surface area (Å²) in [5.74, 6) is -1.01. The molecule has 0 aliphatic carbocycles. The molecule has 1 heterocycles. The Bertz CT molecular complexity index is 621. The van der Waals surface area contributed by atoms with Gasteiger partial charge >= 0.3 is 12.1 Å². The lowest BCUT2D eigenvalue weighted by Gasteiger charge is -2.10. The van der Waals surface area contributed by atoms with Crippen LogP contribution in [-0.2, 0) is 17.4 Å². The number of carbonyl (C=O) groups is 1. The van der Waals surface area contributed by atoms with E-state index in [0.717, 1.165) is 12.1 Å². The molecule has 3 nitrogen and oxygen atoms in total. The van der Waals surface area contributed by atoms with Crippen LogP contribution in [0.4, 0.5) is 13.2 Å². The maximum absolute atomic E-state index is 12.5. The van der Waals surface area contributed by atoms with Gasteiger partial charge in [0.25, 0.3) is 0 Å². The largest absolute Gasteiger partial charge is 0.481 e. The third-order valence-corrected chi connectivity index (χ3v) is 2.78. The Morgan fingerprint density at radius 1 is 1.15 bits per heavy atom. The molecule has 0 aliphatic rings. The number of nitrogens with zero attached hydrogens (tertiary/aromatic N) is 1. The summed E-state index contributed by atoms with van der Waals surface area (Å²) < 4.78 is 37.4. The summed E-state index contributed by atoms with van der Waals surface area (Å²) in [6.07, 6.45) is -1.71. The number of hydrogen-bond acceptors (Lipinski definition) is 2. The van der Waals surface area contributed by atoms with E-state index in [2.05, 4.69) is 4.98 Å². The minimum absolute atomic E-state index is 0.209. The third-order valence-electron chi connectivity index (χ3n) is 2.78. The van der Waals surface area contributed by atoms with Crippen LogP contribution in [0.2, 0.25) is 0 Å². The quantitative estimate of drug-likeness (QED) is 0.938. The first kappa shape index (κ1) is 14.0. The molecule has 0 bridgehead atoms.